The first-order valence-electron chi connectivity index (χ1n) is 8.09. The number of nitrogens with one attached hydrogen (secondary N) is 1. The van der Waals surface area contributed by atoms with Crippen molar-refractivity contribution < 1.29 is 0 Å². The molecular formula is C17H27N3S. The minimum atomic E-state index is 0.353. The van der Waals surface area contributed by atoms with Gasteiger partial charge in [0.05, 0.1) is 17.4 Å². The maximum atomic E-state index is 4.69. The second-order valence-corrected chi connectivity index (χ2v) is 6.52. The van der Waals surface area contributed by atoms with Crippen LogP contribution in [0.5, 0.6) is 0 Å². The zero-order valence-electron chi connectivity index (χ0n) is 13.6. The summed E-state index contributed by atoms with van der Waals surface area (Å²) in [6.07, 6.45) is 3.18. The quantitative estimate of drug-likeness (QED) is 0.799. The number of rotatable bonds is 8. The largest absolute Gasteiger partial charge is 0.309 e. The summed E-state index contributed by atoms with van der Waals surface area (Å²) < 4.78 is 2.15. The topological polar surface area (TPSA) is 29.9 Å². The molecule has 3 nitrogen and oxygen atoms in total. The Kier molecular flexibility index (Phi) is 6.00. The first kappa shape index (κ1) is 16.2. The van der Waals surface area contributed by atoms with Gasteiger partial charge in [0.25, 0.3) is 0 Å². The van der Waals surface area contributed by atoms with E-state index in [1.807, 2.05) is 11.3 Å². The molecule has 0 saturated carbocycles. The van der Waals surface area contributed by atoms with Crippen LogP contribution in [0.25, 0.3) is 0 Å². The van der Waals surface area contributed by atoms with Gasteiger partial charge in [0.1, 0.15) is 0 Å². The van der Waals surface area contributed by atoms with Gasteiger partial charge in [0, 0.05) is 22.7 Å². The minimum absolute atomic E-state index is 0.353. The van der Waals surface area contributed by atoms with Crippen LogP contribution in [-0.2, 0) is 25.8 Å². The molecule has 0 fully saturated rings. The van der Waals surface area contributed by atoms with Gasteiger partial charge in [-0.3, -0.25) is 4.68 Å². The fourth-order valence-corrected chi connectivity index (χ4v) is 3.65. The van der Waals surface area contributed by atoms with E-state index in [0.29, 0.717) is 6.04 Å². The summed E-state index contributed by atoms with van der Waals surface area (Å²) in [5.74, 6) is 0. The van der Waals surface area contributed by atoms with E-state index in [1.54, 1.807) is 0 Å². The molecule has 1 unspecified atom stereocenters. The normalized spacial score (nSPS) is 12.8. The summed E-state index contributed by atoms with van der Waals surface area (Å²) in [6.45, 7) is 10.6. The molecule has 0 aliphatic carbocycles. The third-order valence-electron chi connectivity index (χ3n) is 3.80. The lowest BCUT2D eigenvalue weighted by Gasteiger charge is -2.18. The van der Waals surface area contributed by atoms with Gasteiger partial charge in [0.2, 0.25) is 0 Å². The number of hydrogen-bond donors (Lipinski definition) is 1. The van der Waals surface area contributed by atoms with Crippen molar-refractivity contribution in [1.29, 1.82) is 0 Å². The Bertz CT molecular complexity index is 556. The van der Waals surface area contributed by atoms with E-state index in [1.165, 1.54) is 21.1 Å². The third kappa shape index (κ3) is 3.95. The maximum Gasteiger partial charge on any atom is 0.0625 e. The fraction of sp³-hybridized carbons (Fsp3) is 0.588. The molecule has 116 valence electrons. The van der Waals surface area contributed by atoms with Crippen LogP contribution in [0.3, 0.4) is 0 Å². The number of thiophene rings is 1. The van der Waals surface area contributed by atoms with Crippen molar-refractivity contribution in [2.45, 2.75) is 59.5 Å². The molecule has 0 aromatic carbocycles. The predicted molar refractivity (Wildman–Crippen MR) is 91.1 cm³/mol. The van der Waals surface area contributed by atoms with Crippen LogP contribution in [0.4, 0.5) is 0 Å². The molecule has 2 heterocycles. The molecule has 0 spiro atoms. The van der Waals surface area contributed by atoms with Gasteiger partial charge in [-0.15, -0.1) is 11.3 Å². The van der Waals surface area contributed by atoms with E-state index in [0.717, 1.165) is 32.4 Å². The molecule has 2 rings (SSSR count). The van der Waals surface area contributed by atoms with Crippen molar-refractivity contribution in [2.75, 3.05) is 6.54 Å². The number of likely N-dealkylation sites (N-methyl/N-ethyl adjacent to an activating group) is 1. The van der Waals surface area contributed by atoms with Crippen molar-refractivity contribution in [2.24, 2.45) is 0 Å². The summed E-state index contributed by atoms with van der Waals surface area (Å²) in [5, 5.41) is 8.33. The molecule has 0 aliphatic rings. The van der Waals surface area contributed by atoms with Crippen molar-refractivity contribution in [1.82, 2.24) is 15.1 Å². The van der Waals surface area contributed by atoms with E-state index < -0.39 is 0 Å². The molecule has 0 bridgehead atoms. The van der Waals surface area contributed by atoms with Gasteiger partial charge in [-0.05, 0) is 44.5 Å². The van der Waals surface area contributed by atoms with Crippen LogP contribution in [0.2, 0.25) is 0 Å². The highest BCUT2D eigenvalue weighted by Gasteiger charge is 2.18. The summed E-state index contributed by atoms with van der Waals surface area (Å²) in [4.78, 5) is 2.93. The van der Waals surface area contributed by atoms with Gasteiger partial charge in [-0.1, -0.05) is 20.8 Å². The second kappa shape index (κ2) is 7.76. The van der Waals surface area contributed by atoms with Crippen LogP contribution < -0.4 is 5.32 Å². The molecule has 1 N–H and O–H groups in total. The van der Waals surface area contributed by atoms with Crippen LogP contribution in [0, 0.1) is 0 Å². The molecule has 0 aliphatic heterocycles. The molecule has 2 aromatic rings. The highest BCUT2D eigenvalue weighted by molar-refractivity contribution is 7.11. The monoisotopic (exact) mass is 305 g/mol. The zero-order chi connectivity index (χ0) is 15.2. The second-order valence-electron chi connectivity index (χ2n) is 5.27. The Labute approximate surface area is 132 Å². The maximum absolute atomic E-state index is 4.69. The van der Waals surface area contributed by atoms with Crippen LogP contribution in [0.1, 0.15) is 54.9 Å². The molecule has 0 radical (unpaired) electrons. The van der Waals surface area contributed by atoms with Gasteiger partial charge in [-0.2, -0.15) is 5.10 Å². The van der Waals surface area contributed by atoms with Gasteiger partial charge in [0.15, 0.2) is 0 Å². The summed E-state index contributed by atoms with van der Waals surface area (Å²) in [7, 11) is 0. The molecule has 0 amide bonds. The van der Waals surface area contributed by atoms with E-state index in [9.17, 15) is 0 Å². The summed E-state index contributed by atoms with van der Waals surface area (Å²) >= 11 is 1.94. The average Bonchev–Trinajstić information content (AvgIpc) is 3.12. The van der Waals surface area contributed by atoms with E-state index in [-0.39, 0.29) is 0 Å². The van der Waals surface area contributed by atoms with E-state index >= 15 is 0 Å². The van der Waals surface area contributed by atoms with Gasteiger partial charge in [-0.25, -0.2) is 0 Å². The molecule has 1 atom stereocenters. The fourth-order valence-electron chi connectivity index (χ4n) is 2.64. The number of nitrogens with zero attached hydrogens (tertiary/aromatic N) is 2. The molecule has 2 aromatic heterocycles. The molecular weight excluding hydrogens is 278 g/mol. The Hall–Kier alpha value is -1.13. The predicted octanol–water partition coefficient (Wildman–Crippen LogP) is 3.98. The highest BCUT2D eigenvalue weighted by atomic mass is 32.1. The van der Waals surface area contributed by atoms with Gasteiger partial charge >= 0.3 is 0 Å². The van der Waals surface area contributed by atoms with Crippen LogP contribution >= 0.6 is 11.3 Å². The van der Waals surface area contributed by atoms with E-state index in [2.05, 4.69) is 55.9 Å². The molecule has 21 heavy (non-hydrogen) atoms. The van der Waals surface area contributed by atoms with Crippen LogP contribution in [-0.4, -0.2) is 16.3 Å². The lowest BCUT2D eigenvalue weighted by Crippen LogP contribution is -2.25. The Balaban J connectivity index is 2.23. The van der Waals surface area contributed by atoms with Crippen molar-refractivity contribution in [3.8, 4) is 0 Å². The van der Waals surface area contributed by atoms with Crippen molar-refractivity contribution >= 4 is 11.3 Å². The minimum Gasteiger partial charge on any atom is -0.309 e. The van der Waals surface area contributed by atoms with E-state index in [4.69, 9.17) is 5.10 Å². The lowest BCUT2D eigenvalue weighted by molar-refractivity contribution is 0.491. The zero-order valence-corrected chi connectivity index (χ0v) is 14.5. The van der Waals surface area contributed by atoms with Crippen LogP contribution in [0.15, 0.2) is 18.2 Å². The number of aromatic nitrogens is 2. The Morgan fingerprint density at radius 1 is 1.14 bits per heavy atom. The van der Waals surface area contributed by atoms with Crippen molar-refractivity contribution in [3.05, 3.63) is 39.3 Å². The number of hydrogen-bond acceptors (Lipinski definition) is 3. The summed E-state index contributed by atoms with van der Waals surface area (Å²) in [6, 6.07) is 7.16. The third-order valence-corrected chi connectivity index (χ3v) is 5.05. The summed E-state index contributed by atoms with van der Waals surface area (Å²) in [5.41, 5.74) is 2.51. The van der Waals surface area contributed by atoms with Gasteiger partial charge < -0.3 is 5.32 Å². The first-order chi connectivity index (χ1) is 10.2. The SMILES string of the molecule is CCNC(Cc1ccc(CC)s1)c1cc(CC)nn1CC. The average molecular weight is 305 g/mol. The highest BCUT2D eigenvalue weighted by Crippen LogP contribution is 2.25. The molecule has 0 saturated heterocycles. The van der Waals surface area contributed by atoms with Crippen molar-refractivity contribution in [3.63, 3.8) is 0 Å². The molecule has 4 heteroatoms. The Morgan fingerprint density at radius 3 is 2.48 bits per heavy atom. The number of aryl methyl sites for hydroxylation is 3. The lowest BCUT2D eigenvalue weighted by atomic mass is 10.1. The first-order valence-corrected chi connectivity index (χ1v) is 8.90. The Morgan fingerprint density at radius 2 is 1.90 bits per heavy atom. The standard InChI is InChI=1S/C17H27N3S/c1-5-13-11-17(20(8-4)19-13)16(18-7-3)12-15-10-9-14(6-2)21-15/h9-11,16,18H,5-8,12H2,1-4H3. The smallest absolute Gasteiger partial charge is 0.0625 e.